The van der Waals surface area contributed by atoms with Crippen LogP contribution < -0.4 is 20.5 Å². The third kappa shape index (κ3) is 4.96. The van der Waals surface area contributed by atoms with Gasteiger partial charge in [-0.2, -0.15) is 0 Å². The molecule has 0 aliphatic carbocycles. The first-order valence-electron chi connectivity index (χ1n) is 9.62. The average molecular weight is 486 g/mol. The van der Waals surface area contributed by atoms with Crippen molar-refractivity contribution in [1.29, 1.82) is 0 Å². The SMILES string of the molecule is COc1ccc(Br)c2c(C(=O)NCc3ccc(OC(N)=O)c(C(C)(C)C)c3)ccnc12. The van der Waals surface area contributed by atoms with Crippen LogP contribution in [-0.4, -0.2) is 24.1 Å². The van der Waals surface area contributed by atoms with Gasteiger partial charge in [0.2, 0.25) is 0 Å². The van der Waals surface area contributed by atoms with Crippen LogP contribution in [0.25, 0.3) is 10.9 Å². The van der Waals surface area contributed by atoms with Crippen LogP contribution in [0.15, 0.2) is 47.1 Å². The molecular formula is C23H24BrN3O4. The lowest BCUT2D eigenvalue weighted by atomic mass is 9.85. The second-order valence-corrected chi connectivity index (χ2v) is 8.87. The van der Waals surface area contributed by atoms with Gasteiger partial charge in [-0.05, 0) is 41.3 Å². The number of fused-ring (bicyclic) bond motifs is 1. The quantitative estimate of drug-likeness (QED) is 0.545. The lowest BCUT2D eigenvalue weighted by Gasteiger charge is -2.23. The van der Waals surface area contributed by atoms with Crippen LogP contribution in [0, 0.1) is 0 Å². The number of rotatable bonds is 5. The predicted molar refractivity (Wildman–Crippen MR) is 123 cm³/mol. The van der Waals surface area contributed by atoms with Crippen molar-refractivity contribution in [3.8, 4) is 11.5 Å². The monoisotopic (exact) mass is 485 g/mol. The van der Waals surface area contributed by atoms with Gasteiger partial charge in [0.15, 0.2) is 0 Å². The lowest BCUT2D eigenvalue weighted by molar-refractivity contribution is 0.0952. The number of nitrogens with zero attached hydrogens (tertiary/aromatic N) is 1. The van der Waals surface area contributed by atoms with E-state index in [1.807, 2.05) is 32.9 Å². The molecule has 31 heavy (non-hydrogen) atoms. The Morgan fingerprint density at radius 1 is 1.13 bits per heavy atom. The topological polar surface area (TPSA) is 104 Å². The summed E-state index contributed by atoms with van der Waals surface area (Å²) in [7, 11) is 1.56. The minimum atomic E-state index is -0.864. The van der Waals surface area contributed by atoms with Gasteiger partial charge in [-0.15, -0.1) is 0 Å². The third-order valence-electron chi connectivity index (χ3n) is 4.78. The molecule has 7 nitrogen and oxygen atoms in total. The lowest BCUT2D eigenvalue weighted by Crippen LogP contribution is -2.24. The van der Waals surface area contributed by atoms with Crippen molar-refractivity contribution in [2.45, 2.75) is 32.7 Å². The molecule has 0 saturated carbocycles. The minimum Gasteiger partial charge on any atom is -0.494 e. The molecule has 1 aromatic heterocycles. The average Bonchev–Trinajstić information content (AvgIpc) is 2.71. The number of nitrogens with two attached hydrogens (primary N) is 1. The van der Waals surface area contributed by atoms with E-state index in [1.54, 1.807) is 37.6 Å². The van der Waals surface area contributed by atoms with E-state index in [1.165, 1.54) is 0 Å². The fourth-order valence-electron chi connectivity index (χ4n) is 3.30. The smallest absolute Gasteiger partial charge is 0.409 e. The Bertz CT molecular complexity index is 1160. The zero-order valence-corrected chi connectivity index (χ0v) is 19.4. The van der Waals surface area contributed by atoms with Crippen molar-refractivity contribution < 1.29 is 19.1 Å². The van der Waals surface area contributed by atoms with E-state index in [0.717, 1.165) is 15.6 Å². The first-order chi connectivity index (χ1) is 14.6. The Labute approximate surface area is 189 Å². The van der Waals surface area contributed by atoms with Crippen LogP contribution in [0.1, 0.15) is 42.3 Å². The van der Waals surface area contributed by atoms with Gasteiger partial charge in [-0.3, -0.25) is 9.78 Å². The standard InChI is InChI=1S/C23H24BrN3O4/c1-23(2,3)15-11-13(5-7-17(15)31-22(25)29)12-27-21(28)14-9-10-26-20-18(30-4)8-6-16(24)19(14)20/h5-11H,12H2,1-4H3,(H2,25,29)(H,27,28). The van der Waals surface area contributed by atoms with E-state index in [0.29, 0.717) is 34.5 Å². The van der Waals surface area contributed by atoms with E-state index >= 15 is 0 Å². The second-order valence-electron chi connectivity index (χ2n) is 8.02. The van der Waals surface area contributed by atoms with Crippen LogP contribution in [0.3, 0.4) is 0 Å². The molecule has 0 atom stereocenters. The summed E-state index contributed by atoms with van der Waals surface area (Å²) >= 11 is 3.51. The number of hydrogen-bond donors (Lipinski definition) is 2. The summed E-state index contributed by atoms with van der Waals surface area (Å²) in [4.78, 5) is 28.6. The van der Waals surface area contributed by atoms with Gasteiger partial charge in [0.05, 0.1) is 12.7 Å². The van der Waals surface area contributed by atoms with Crippen molar-refractivity contribution in [3.05, 3.63) is 63.8 Å². The number of carbonyl (C=O) groups is 2. The largest absolute Gasteiger partial charge is 0.494 e. The van der Waals surface area contributed by atoms with Crippen molar-refractivity contribution in [2.75, 3.05) is 7.11 Å². The molecule has 3 N–H and O–H groups in total. The molecule has 0 radical (unpaired) electrons. The molecule has 2 amide bonds. The Kier molecular flexibility index (Phi) is 6.50. The van der Waals surface area contributed by atoms with Gasteiger partial charge >= 0.3 is 6.09 Å². The summed E-state index contributed by atoms with van der Waals surface area (Å²) in [5, 5.41) is 3.63. The molecule has 8 heteroatoms. The second kappa shape index (κ2) is 8.93. The maximum Gasteiger partial charge on any atom is 0.409 e. The molecule has 0 aliphatic heterocycles. The summed E-state index contributed by atoms with van der Waals surface area (Å²) in [5.41, 5.74) is 7.67. The zero-order chi connectivity index (χ0) is 22.8. The number of benzene rings is 2. The summed E-state index contributed by atoms with van der Waals surface area (Å²) in [6.45, 7) is 6.32. The molecule has 1 heterocycles. The highest BCUT2D eigenvalue weighted by molar-refractivity contribution is 9.10. The number of aromatic nitrogens is 1. The number of methoxy groups -OCH3 is 1. The van der Waals surface area contributed by atoms with Gasteiger partial charge in [0, 0.05) is 28.2 Å². The van der Waals surface area contributed by atoms with E-state index in [2.05, 4.69) is 26.2 Å². The van der Waals surface area contributed by atoms with E-state index < -0.39 is 6.09 Å². The third-order valence-corrected chi connectivity index (χ3v) is 5.45. The van der Waals surface area contributed by atoms with Crippen LogP contribution in [0.5, 0.6) is 11.5 Å². The Morgan fingerprint density at radius 3 is 2.48 bits per heavy atom. The summed E-state index contributed by atoms with van der Waals surface area (Å²) in [6.07, 6.45) is 0.719. The fraction of sp³-hybridized carbons (Fsp3) is 0.261. The van der Waals surface area contributed by atoms with E-state index in [-0.39, 0.29) is 11.3 Å². The molecule has 0 spiro atoms. The molecule has 3 aromatic rings. The van der Waals surface area contributed by atoms with Crippen molar-refractivity contribution in [1.82, 2.24) is 10.3 Å². The van der Waals surface area contributed by atoms with Crippen LogP contribution >= 0.6 is 15.9 Å². The van der Waals surface area contributed by atoms with Crippen molar-refractivity contribution in [2.24, 2.45) is 5.73 Å². The molecule has 0 bridgehead atoms. The Balaban J connectivity index is 1.89. The molecule has 0 fully saturated rings. The molecule has 162 valence electrons. The van der Waals surface area contributed by atoms with Crippen molar-refractivity contribution >= 4 is 38.8 Å². The van der Waals surface area contributed by atoms with Gasteiger partial charge in [0.1, 0.15) is 17.0 Å². The zero-order valence-electron chi connectivity index (χ0n) is 17.8. The van der Waals surface area contributed by atoms with E-state index in [4.69, 9.17) is 15.2 Å². The highest BCUT2D eigenvalue weighted by Crippen LogP contribution is 2.33. The Hall–Kier alpha value is -3.13. The molecule has 2 aromatic carbocycles. The number of carbonyl (C=O) groups excluding carboxylic acids is 2. The van der Waals surface area contributed by atoms with Crippen LogP contribution in [-0.2, 0) is 12.0 Å². The molecule has 0 saturated heterocycles. The predicted octanol–water partition coefficient (Wildman–Crippen LogP) is 4.69. The van der Waals surface area contributed by atoms with Crippen LogP contribution in [0.4, 0.5) is 4.79 Å². The number of hydrogen-bond acceptors (Lipinski definition) is 5. The molecule has 0 unspecified atom stereocenters. The highest BCUT2D eigenvalue weighted by Gasteiger charge is 2.21. The number of amides is 2. The number of pyridine rings is 1. The molecule has 3 rings (SSSR count). The number of halogens is 1. The first-order valence-corrected chi connectivity index (χ1v) is 10.4. The normalized spacial score (nSPS) is 11.3. The minimum absolute atomic E-state index is 0.240. The number of primary amides is 1. The maximum atomic E-state index is 13.0. The number of nitrogens with one attached hydrogen (secondary N) is 1. The van der Waals surface area contributed by atoms with Gasteiger partial charge in [-0.1, -0.05) is 42.8 Å². The van der Waals surface area contributed by atoms with Crippen LogP contribution in [0.2, 0.25) is 0 Å². The summed E-state index contributed by atoms with van der Waals surface area (Å²) in [5.74, 6) is 0.759. The van der Waals surface area contributed by atoms with Gasteiger partial charge in [0.25, 0.3) is 5.91 Å². The molecular weight excluding hydrogens is 462 g/mol. The summed E-state index contributed by atoms with van der Waals surface area (Å²) in [6, 6.07) is 10.7. The summed E-state index contributed by atoms with van der Waals surface area (Å²) < 4.78 is 11.3. The van der Waals surface area contributed by atoms with E-state index in [9.17, 15) is 9.59 Å². The number of ether oxygens (including phenoxy) is 2. The fourth-order valence-corrected chi connectivity index (χ4v) is 3.84. The highest BCUT2D eigenvalue weighted by atomic mass is 79.9. The van der Waals surface area contributed by atoms with Crippen molar-refractivity contribution in [3.63, 3.8) is 0 Å². The van der Waals surface area contributed by atoms with Gasteiger partial charge < -0.3 is 20.5 Å². The molecule has 0 aliphatic rings. The Morgan fingerprint density at radius 2 is 1.84 bits per heavy atom. The first kappa shape index (κ1) is 22.6. The maximum absolute atomic E-state index is 13.0. The van der Waals surface area contributed by atoms with Gasteiger partial charge in [-0.25, -0.2) is 4.79 Å².